The van der Waals surface area contributed by atoms with Gasteiger partial charge in [-0.2, -0.15) is 0 Å². The minimum Gasteiger partial charge on any atom is -0.481 e. The van der Waals surface area contributed by atoms with E-state index >= 15 is 0 Å². The summed E-state index contributed by atoms with van der Waals surface area (Å²) < 4.78 is 21.2. The number of hydrogen-bond donors (Lipinski definition) is 3. The van der Waals surface area contributed by atoms with Crippen LogP contribution in [0.4, 0.5) is 4.79 Å². The van der Waals surface area contributed by atoms with Gasteiger partial charge in [-0.25, -0.2) is 18.4 Å². The van der Waals surface area contributed by atoms with E-state index < -0.39 is 16.0 Å². The number of nitrogens with one attached hydrogen (secondary N) is 1. The molecule has 9 heteroatoms. The summed E-state index contributed by atoms with van der Waals surface area (Å²) in [6.45, 7) is 0.534. The Morgan fingerprint density at radius 2 is 1.94 bits per heavy atom. The molecule has 18 heavy (non-hydrogen) atoms. The third-order valence-corrected chi connectivity index (χ3v) is 2.97. The summed E-state index contributed by atoms with van der Waals surface area (Å²) >= 11 is 0. The maximum Gasteiger partial charge on any atom is 0.317 e. The van der Waals surface area contributed by atoms with Crippen LogP contribution in [0.2, 0.25) is 0 Å². The summed E-state index contributed by atoms with van der Waals surface area (Å²) in [5.41, 5.74) is 0. The normalized spacial score (nSPS) is 11.0. The Kier molecular flexibility index (Phi) is 7.29. The number of hydrogen-bond acceptors (Lipinski definition) is 4. The van der Waals surface area contributed by atoms with Gasteiger partial charge >= 0.3 is 12.0 Å². The molecular weight excluding hydrogens is 262 g/mol. The predicted molar refractivity (Wildman–Crippen MR) is 65.5 cm³/mol. The van der Waals surface area contributed by atoms with Crippen LogP contribution >= 0.6 is 0 Å². The number of carbonyl (C=O) groups is 2. The summed E-state index contributed by atoms with van der Waals surface area (Å²) in [5, 5.41) is 15.7. The van der Waals surface area contributed by atoms with Gasteiger partial charge in [0.1, 0.15) is 0 Å². The Morgan fingerprint density at radius 1 is 1.33 bits per heavy atom. The summed E-state index contributed by atoms with van der Waals surface area (Å²) in [7, 11) is -1.96. The number of urea groups is 1. The van der Waals surface area contributed by atoms with E-state index in [0.717, 1.165) is 0 Å². The zero-order valence-corrected chi connectivity index (χ0v) is 11.1. The molecule has 106 valence electrons. The van der Waals surface area contributed by atoms with Gasteiger partial charge in [-0.3, -0.25) is 4.79 Å². The Morgan fingerprint density at radius 3 is 2.44 bits per heavy atom. The van der Waals surface area contributed by atoms with Gasteiger partial charge in [-0.1, -0.05) is 0 Å². The van der Waals surface area contributed by atoms with Gasteiger partial charge in [0.05, 0.1) is 5.75 Å². The van der Waals surface area contributed by atoms with Crippen LogP contribution in [0.5, 0.6) is 0 Å². The lowest BCUT2D eigenvalue weighted by atomic mass is 10.3. The van der Waals surface area contributed by atoms with Crippen LogP contribution in [0.25, 0.3) is 0 Å². The minimum absolute atomic E-state index is 0.00301. The molecule has 0 heterocycles. The first-order chi connectivity index (χ1) is 8.22. The monoisotopic (exact) mass is 281 g/mol. The number of rotatable bonds is 8. The second-order valence-corrected chi connectivity index (χ2v) is 5.61. The molecule has 0 aromatic rings. The van der Waals surface area contributed by atoms with Crippen LogP contribution in [0.3, 0.4) is 0 Å². The first kappa shape index (κ1) is 16.6. The highest BCUT2D eigenvalue weighted by molar-refractivity contribution is 7.89. The number of sulfonamides is 1. The highest BCUT2D eigenvalue weighted by atomic mass is 32.2. The molecule has 0 aromatic carbocycles. The zero-order chi connectivity index (χ0) is 14.2. The lowest BCUT2D eigenvalue weighted by Crippen LogP contribution is -2.38. The highest BCUT2D eigenvalue weighted by Crippen LogP contribution is 1.94. The zero-order valence-electron chi connectivity index (χ0n) is 10.3. The Bertz CT molecular complexity index is 382. The van der Waals surface area contributed by atoms with Gasteiger partial charge in [0.15, 0.2) is 0 Å². The fourth-order valence-electron chi connectivity index (χ4n) is 1.17. The van der Waals surface area contributed by atoms with Crippen LogP contribution < -0.4 is 10.5 Å². The third kappa shape index (κ3) is 9.85. The van der Waals surface area contributed by atoms with E-state index in [-0.39, 0.29) is 31.2 Å². The quantitative estimate of drug-likeness (QED) is 0.500. The Labute approximate surface area is 106 Å². The molecule has 0 saturated heterocycles. The van der Waals surface area contributed by atoms with Gasteiger partial charge in [-0.15, -0.1) is 0 Å². The summed E-state index contributed by atoms with van der Waals surface area (Å²) in [4.78, 5) is 23.0. The van der Waals surface area contributed by atoms with Crippen molar-refractivity contribution < 1.29 is 23.1 Å². The van der Waals surface area contributed by atoms with E-state index in [1.165, 1.54) is 11.9 Å². The molecule has 0 saturated carbocycles. The van der Waals surface area contributed by atoms with Crippen molar-refractivity contribution in [1.29, 1.82) is 0 Å². The predicted octanol–water partition coefficient (Wildman–Crippen LogP) is -0.829. The van der Waals surface area contributed by atoms with Crippen LogP contribution in [0.1, 0.15) is 19.3 Å². The van der Waals surface area contributed by atoms with Crippen molar-refractivity contribution in [3.05, 3.63) is 0 Å². The topological polar surface area (TPSA) is 130 Å². The Hall–Kier alpha value is -1.35. The molecule has 4 N–H and O–H groups in total. The van der Waals surface area contributed by atoms with Crippen LogP contribution in [0.15, 0.2) is 0 Å². The van der Waals surface area contributed by atoms with Crippen molar-refractivity contribution in [3.63, 3.8) is 0 Å². The first-order valence-corrected chi connectivity index (χ1v) is 7.15. The van der Waals surface area contributed by atoms with Crippen molar-refractivity contribution in [1.82, 2.24) is 10.2 Å². The molecular formula is C9H19N3O5S. The van der Waals surface area contributed by atoms with Crippen LogP contribution in [0, 0.1) is 0 Å². The van der Waals surface area contributed by atoms with E-state index in [1.54, 1.807) is 0 Å². The number of carbonyl (C=O) groups excluding carboxylic acids is 1. The SMILES string of the molecule is CN(CCCC(=O)O)C(=O)NCCCS(N)(=O)=O. The number of nitrogens with zero attached hydrogens (tertiary/aromatic N) is 1. The van der Waals surface area contributed by atoms with Crippen molar-refractivity contribution in [2.45, 2.75) is 19.3 Å². The average Bonchev–Trinajstić information content (AvgIpc) is 2.22. The van der Waals surface area contributed by atoms with Crippen LogP contribution in [-0.4, -0.2) is 56.3 Å². The smallest absolute Gasteiger partial charge is 0.317 e. The molecule has 0 aliphatic heterocycles. The molecule has 0 bridgehead atoms. The second-order valence-electron chi connectivity index (χ2n) is 3.87. The lowest BCUT2D eigenvalue weighted by Gasteiger charge is -2.17. The summed E-state index contributed by atoms with van der Waals surface area (Å²) in [5.74, 6) is -1.09. The second kappa shape index (κ2) is 7.88. The standard InChI is InChI=1S/C9H19N3O5S/c1-12(6-2-4-8(13)14)9(15)11-5-3-7-18(10,16)17/h2-7H2,1H3,(H,11,15)(H,13,14)(H2,10,16,17). The molecule has 0 radical (unpaired) electrons. The number of primary sulfonamides is 1. The van der Waals surface area contributed by atoms with Gasteiger partial charge in [0.25, 0.3) is 0 Å². The maximum atomic E-state index is 11.4. The van der Waals surface area contributed by atoms with Gasteiger partial charge < -0.3 is 15.3 Å². The molecule has 0 fully saturated rings. The molecule has 0 aromatic heterocycles. The number of aliphatic carboxylic acids is 1. The molecule has 0 atom stereocenters. The molecule has 8 nitrogen and oxygen atoms in total. The molecule has 0 aliphatic carbocycles. The van der Waals surface area contributed by atoms with E-state index in [4.69, 9.17) is 10.2 Å². The van der Waals surface area contributed by atoms with E-state index in [2.05, 4.69) is 5.32 Å². The molecule has 0 aliphatic rings. The van der Waals surface area contributed by atoms with Crippen molar-refractivity contribution in [3.8, 4) is 0 Å². The van der Waals surface area contributed by atoms with Gasteiger partial charge in [-0.05, 0) is 12.8 Å². The van der Waals surface area contributed by atoms with Gasteiger partial charge in [0, 0.05) is 26.6 Å². The number of nitrogens with two attached hydrogens (primary N) is 1. The maximum absolute atomic E-state index is 11.4. The fourth-order valence-corrected chi connectivity index (χ4v) is 1.72. The fraction of sp³-hybridized carbons (Fsp3) is 0.778. The largest absolute Gasteiger partial charge is 0.481 e. The summed E-state index contributed by atoms with van der Waals surface area (Å²) in [6, 6.07) is -0.366. The molecule has 0 spiro atoms. The molecule has 0 unspecified atom stereocenters. The van der Waals surface area contributed by atoms with E-state index in [1.807, 2.05) is 0 Å². The van der Waals surface area contributed by atoms with Crippen molar-refractivity contribution >= 4 is 22.0 Å². The summed E-state index contributed by atoms with van der Waals surface area (Å²) in [6.07, 6.45) is 0.618. The first-order valence-electron chi connectivity index (χ1n) is 5.43. The van der Waals surface area contributed by atoms with Crippen LogP contribution in [-0.2, 0) is 14.8 Å². The third-order valence-electron chi connectivity index (χ3n) is 2.11. The van der Waals surface area contributed by atoms with Gasteiger partial charge in [0.2, 0.25) is 10.0 Å². The van der Waals surface area contributed by atoms with E-state index in [9.17, 15) is 18.0 Å². The number of amides is 2. The average molecular weight is 281 g/mol. The van der Waals surface area contributed by atoms with Crippen molar-refractivity contribution in [2.24, 2.45) is 5.14 Å². The lowest BCUT2D eigenvalue weighted by molar-refractivity contribution is -0.137. The number of carboxylic acids is 1. The van der Waals surface area contributed by atoms with E-state index in [0.29, 0.717) is 13.0 Å². The number of carboxylic acid groups (broad SMARTS) is 1. The molecule has 0 rings (SSSR count). The molecule has 2 amide bonds. The minimum atomic E-state index is -3.50. The highest BCUT2D eigenvalue weighted by Gasteiger charge is 2.09. The van der Waals surface area contributed by atoms with Crippen molar-refractivity contribution in [2.75, 3.05) is 25.9 Å². The Balaban J connectivity index is 3.71.